The monoisotopic (exact) mass is 360 g/mol. The second-order valence-corrected chi connectivity index (χ2v) is 7.01. The molecule has 1 aromatic carbocycles. The maximum Gasteiger partial charge on any atom is 0.321 e. The van der Waals surface area contributed by atoms with Crippen LogP contribution in [0, 0.1) is 6.92 Å². The van der Waals surface area contributed by atoms with Crippen LogP contribution in [0.4, 0.5) is 10.5 Å². The summed E-state index contributed by atoms with van der Waals surface area (Å²) < 4.78 is 0. The van der Waals surface area contributed by atoms with Gasteiger partial charge in [0.05, 0.1) is 6.54 Å². The van der Waals surface area contributed by atoms with E-state index in [0.717, 1.165) is 36.9 Å². The number of hydrogen-bond acceptors (Lipinski definition) is 4. The lowest BCUT2D eigenvalue weighted by Crippen LogP contribution is -2.45. The van der Waals surface area contributed by atoms with Crippen LogP contribution in [0.25, 0.3) is 0 Å². The van der Waals surface area contributed by atoms with Crippen molar-refractivity contribution in [3.63, 3.8) is 0 Å². The Bertz CT molecular complexity index is 667. The number of carbonyl (C=O) groups is 3. The summed E-state index contributed by atoms with van der Waals surface area (Å²) in [7, 11) is 0. The van der Waals surface area contributed by atoms with Gasteiger partial charge in [-0.2, -0.15) is 0 Å². The second-order valence-electron chi connectivity index (χ2n) is 7.01. The molecule has 26 heavy (non-hydrogen) atoms. The summed E-state index contributed by atoms with van der Waals surface area (Å²) in [5.74, 6) is -0.530. The lowest BCUT2D eigenvalue weighted by atomic mass is 10.1. The summed E-state index contributed by atoms with van der Waals surface area (Å²) in [5.41, 5.74) is 2.17. The van der Waals surface area contributed by atoms with Crippen molar-refractivity contribution in [3.8, 4) is 0 Å². The molecule has 1 fully saturated rings. The number of imide groups is 1. The van der Waals surface area contributed by atoms with Crippen molar-refractivity contribution in [3.05, 3.63) is 29.3 Å². The lowest BCUT2D eigenvalue weighted by Gasteiger charge is -2.14. The zero-order chi connectivity index (χ0) is 19.1. The fourth-order valence-corrected chi connectivity index (χ4v) is 2.99. The molecule has 0 aromatic heterocycles. The van der Waals surface area contributed by atoms with E-state index >= 15 is 0 Å². The quantitative estimate of drug-likeness (QED) is 0.625. The molecular formula is C19H28N4O3. The van der Waals surface area contributed by atoms with Crippen molar-refractivity contribution in [2.75, 3.05) is 11.9 Å². The van der Waals surface area contributed by atoms with Crippen molar-refractivity contribution in [1.29, 1.82) is 0 Å². The zero-order valence-corrected chi connectivity index (χ0v) is 15.6. The maximum absolute atomic E-state index is 12.0. The molecule has 4 amide bonds. The van der Waals surface area contributed by atoms with Gasteiger partial charge in [-0.3, -0.25) is 14.9 Å². The Morgan fingerprint density at radius 3 is 2.46 bits per heavy atom. The van der Waals surface area contributed by atoms with Gasteiger partial charge in [0.2, 0.25) is 5.91 Å². The smallest absolute Gasteiger partial charge is 0.321 e. The maximum atomic E-state index is 12.0. The SMILES string of the molecule is Cc1cc(C(=O)NC(C)C)ccc1NCC(=O)NC(=O)NC1CCCC1. The van der Waals surface area contributed by atoms with Gasteiger partial charge in [-0.25, -0.2) is 4.79 Å². The number of urea groups is 1. The summed E-state index contributed by atoms with van der Waals surface area (Å²) >= 11 is 0. The van der Waals surface area contributed by atoms with Crippen LogP contribution >= 0.6 is 0 Å². The van der Waals surface area contributed by atoms with E-state index in [1.807, 2.05) is 20.8 Å². The van der Waals surface area contributed by atoms with Gasteiger partial charge >= 0.3 is 6.03 Å². The van der Waals surface area contributed by atoms with E-state index in [-0.39, 0.29) is 24.5 Å². The molecule has 0 bridgehead atoms. The van der Waals surface area contributed by atoms with Gasteiger partial charge < -0.3 is 16.0 Å². The summed E-state index contributed by atoms with van der Waals surface area (Å²) in [6.07, 6.45) is 4.17. The molecule has 7 nitrogen and oxygen atoms in total. The van der Waals surface area contributed by atoms with E-state index in [0.29, 0.717) is 5.56 Å². The van der Waals surface area contributed by atoms with E-state index in [1.54, 1.807) is 18.2 Å². The van der Waals surface area contributed by atoms with Crippen LogP contribution in [0.2, 0.25) is 0 Å². The average Bonchev–Trinajstić information content (AvgIpc) is 3.05. The van der Waals surface area contributed by atoms with Crippen molar-refractivity contribution < 1.29 is 14.4 Å². The Morgan fingerprint density at radius 1 is 1.15 bits per heavy atom. The minimum Gasteiger partial charge on any atom is -0.376 e. The molecule has 0 radical (unpaired) electrons. The third-order valence-corrected chi connectivity index (χ3v) is 4.29. The molecule has 1 aliphatic rings. The summed E-state index contributed by atoms with van der Waals surface area (Å²) in [6.45, 7) is 5.65. The van der Waals surface area contributed by atoms with Gasteiger partial charge in [0.15, 0.2) is 0 Å². The molecular weight excluding hydrogens is 332 g/mol. The number of amides is 4. The molecule has 0 spiro atoms. The number of rotatable bonds is 6. The van der Waals surface area contributed by atoms with Crippen molar-refractivity contribution in [2.45, 2.75) is 58.5 Å². The van der Waals surface area contributed by atoms with Crippen molar-refractivity contribution in [2.24, 2.45) is 0 Å². The minimum absolute atomic E-state index is 0.0174. The fraction of sp³-hybridized carbons (Fsp3) is 0.526. The molecule has 0 saturated heterocycles. The van der Waals surface area contributed by atoms with Crippen LogP contribution in [0.3, 0.4) is 0 Å². The Kier molecular flexibility index (Phi) is 7.00. The topological polar surface area (TPSA) is 99.3 Å². The van der Waals surface area contributed by atoms with Gasteiger partial charge in [-0.05, 0) is 57.4 Å². The first-order valence-corrected chi connectivity index (χ1v) is 9.11. The fourth-order valence-electron chi connectivity index (χ4n) is 2.99. The van der Waals surface area contributed by atoms with E-state index < -0.39 is 11.9 Å². The Hall–Kier alpha value is -2.57. The predicted molar refractivity (Wildman–Crippen MR) is 101 cm³/mol. The van der Waals surface area contributed by atoms with E-state index in [2.05, 4.69) is 21.3 Å². The average molecular weight is 360 g/mol. The summed E-state index contributed by atoms with van der Waals surface area (Å²) in [4.78, 5) is 35.7. The van der Waals surface area contributed by atoms with Crippen LogP contribution in [-0.4, -0.2) is 36.5 Å². The molecule has 1 saturated carbocycles. The third-order valence-electron chi connectivity index (χ3n) is 4.29. The highest BCUT2D eigenvalue weighted by Crippen LogP contribution is 2.17. The second kappa shape index (κ2) is 9.22. The van der Waals surface area contributed by atoms with Gasteiger partial charge in [-0.15, -0.1) is 0 Å². The van der Waals surface area contributed by atoms with Crippen molar-refractivity contribution >= 4 is 23.5 Å². The molecule has 0 unspecified atom stereocenters. The van der Waals surface area contributed by atoms with E-state index in [9.17, 15) is 14.4 Å². The number of carbonyl (C=O) groups excluding carboxylic acids is 3. The number of aryl methyl sites for hydroxylation is 1. The van der Waals surface area contributed by atoms with E-state index in [1.165, 1.54) is 0 Å². The molecule has 0 aliphatic heterocycles. The highest BCUT2D eigenvalue weighted by atomic mass is 16.2. The van der Waals surface area contributed by atoms with Crippen LogP contribution in [0.5, 0.6) is 0 Å². The predicted octanol–water partition coefficient (Wildman–Crippen LogP) is 2.31. The van der Waals surface area contributed by atoms with Crippen LogP contribution in [-0.2, 0) is 4.79 Å². The van der Waals surface area contributed by atoms with Crippen molar-refractivity contribution in [1.82, 2.24) is 16.0 Å². The molecule has 4 N–H and O–H groups in total. The molecule has 142 valence electrons. The standard InChI is InChI=1S/C19H28N4O3/c1-12(2)21-18(25)14-8-9-16(13(3)10-14)20-11-17(24)23-19(26)22-15-6-4-5-7-15/h8-10,12,15,20H,4-7,11H2,1-3H3,(H,21,25)(H2,22,23,24,26). The first-order chi connectivity index (χ1) is 12.3. The highest BCUT2D eigenvalue weighted by Gasteiger charge is 2.18. The number of benzene rings is 1. The Labute approximate surface area is 154 Å². The number of hydrogen-bond donors (Lipinski definition) is 4. The molecule has 1 aromatic rings. The lowest BCUT2D eigenvalue weighted by molar-refractivity contribution is -0.118. The summed E-state index contributed by atoms with van der Waals surface area (Å²) in [6, 6.07) is 5.03. The molecule has 0 atom stereocenters. The normalized spacial score (nSPS) is 14.2. The third kappa shape index (κ3) is 6.06. The molecule has 0 heterocycles. The first kappa shape index (κ1) is 19.8. The van der Waals surface area contributed by atoms with Crippen LogP contribution < -0.4 is 21.3 Å². The molecule has 2 rings (SSSR count). The number of nitrogens with one attached hydrogen (secondary N) is 4. The Balaban J connectivity index is 1.81. The largest absolute Gasteiger partial charge is 0.376 e. The first-order valence-electron chi connectivity index (χ1n) is 9.11. The van der Waals surface area contributed by atoms with Gasteiger partial charge in [-0.1, -0.05) is 12.8 Å². The van der Waals surface area contributed by atoms with Gasteiger partial charge in [0.1, 0.15) is 0 Å². The van der Waals surface area contributed by atoms with Crippen LogP contribution in [0.15, 0.2) is 18.2 Å². The minimum atomic E-state index is -0.443. The van der Waals surface area contributed by atoms with Gasteiger partial charge in [0.25, 0.3) is 5.91 Å². The van der Waals surface area contributed by atoms with E-state index in [4.69, 9.17) is 0 Å². The Morgan fingerprint density at radius 2 is 1.85 bits per heavy atom. The summed E-state index contributed by atoms with van der Waals surface area (Å²) in [5, 5.41) is 11.0. The molecule has 7 heteroatoms. The molecule has 1 aliphatic carbocycles. The highest BCUT2D eigenvalue weighted by molar-refractivity contribution is 5.97. The van der Waals surface area contributed by atoms with Crippen LogP contribution in [0.1, 0.15) is 55.5 Å². The van der Waals surface area contributed by atoms with Gasteiger partial charge in [0, 0.05) is 23.3 Å². The number of anilines is 1. The zero-order valence-electron chi connectivity index (χ0n) is 15.6.